The number of rotatable bonds is 5. The highest BCUT2D eigenvalue weighted by Gasteiger charge is 2.38. The molecule has 3 aliphatic rings. The molecule has 1 amide bonds. The summed E-state index contributed by atoms with van der Waals surface area (Å²) in [5, 5.41) is 12.3. The van der Waals surface area contributed by atoms with Gasteiger partial charge >= 0.3 is 6.18 Å². The Morgan fingerprint density at radius 1 is 1.09 bits per heavy atom. The Morgan fingerprint density at radius 3 is 2.59 bits per heavy atom. The molecule has 32 heavy (non-hydrogen) atoms. The Morgan fingerprint density at radius 2 is 1.84 bits per heavy atom. The standard InChI is InChI=1S/C22H25F3N6O/c1-11(32)27-18-3-2-4-19(18)30-20-15(22(23,24)25)10-26-21(31-20)28-12-5-6-13-14(9-12)17-8-7-16(13)29-17/h5-6,9-10,16-19,29H,2-4,7-8H2,1H3,(H,27,32)(H2,26,28,30,31)/t16?,17?,18-,19-/m1/s1. The van der Waals surface area contributed by atoms with E-state index in [4.69, 9.17) is 0 Å². The summed E-state index contributed by atoms with van der Waals surface area (Å²) in [6.45, 7) is 1.40. The fraction of sp³-hybridized carbons (Fsp3) is 0.500. The smallest absolute Gasteiger partial charge is 0.365 e. The predicted octanol–water partition coefficient (Wildman–Crippen LogP) is 4.19. The van der Waals surface area contributed by atoms with Gasteiger partial charge in [0.2, 0.25) is 11.9 Å². The number of carbonyl (C=O) groups excluding carboxylic acids is 1. The van der Waals surface area contributed by atoms with Crippen molar-refractivity contribution in [2.24, 2.45) is 0 Å². The number of hydrogen-bond acceptors (Lipinski definition) is 6. The van der Waals surface area contributed by atoms with E-state index in [0.717, 1.165) is 31.1 Å². The van der Waals surface area contributed by atoms with Crippen LogP contribution in [0.15, 0.2) is 24.4 Å². The highest BCUT2D eigenvalue weighted by atomic mass is 19.4. The van der Waals surface area contributed by atoms with E-state index in [-0.39, 0.29) is 29.8 Å². The lowest BCUT2D eigenvalue weighted by atomic mass is 9.91. The summed E-state index contributed by atoms with van der Waals surface area (Å²) in [5.41, 5.74) is 2.32. The van der Waals surface area contributed by atoms with Gasteiger partial charge in [0.25, 0.3) is 0 Å². The van der Waals surface area contributed by atoms with Gasteiger partial charge < -0.3 is 21.3 Å². The normalized spacial score (nSPS) is 26.1. The Hall–Kier alpha value is -2.88. The van der Waals surface area contributed by atoms with Crippen molar-refractivity contribution in [2.45, 2.75) is 69.4 Å². The van der Waals surface area contributed by atoms with Crippen molar-refractivity contribution in [3.63, 3.8) is 0 Å². The number of nitrogens with zero attached hydrogens (tertiary/aromatic N) is 2. The van der Waals surface area contributed by atoms with Crippen LogP contribution < -0.4 is 21.3 Å². The minimum Gasteiger partial charge on any atom is -0.365 e. The predicted molar refractivity (Wildman–Crippen MR) is 113 cm³/mol. The number of aromatic nitrogens is 2. The summed E-state index contributed by atoms with van der Waals surface area (Å²) >= 11 is 0. The second kappa shape index (κ2) is 7.91. The average molecular weight is 446 g/mol. The maximum absolute atomic E-state index is 13.6. The van der Waals surface area contributed by atoms with Crippen LogP contribution in [0.3, 0.4) is 0 Å². The highest BCUT2D eigenvalue weighted by molar-refractivity contribution is 5.73. The molecular formula is C22H25F3N6O. The van der Waals surface area contributed by atoms with Crippen LogP contribution in [0.1, 0.15) is 67.8 Å². The van der Waals surface area contributed by atoms with Gasteiger partial charge in [0.05, 0.1) is 0 Å². The molecule has 3 heterocycles. The number of amides is 1. The van der Waals surface area contributed by atoms with Crippen LogP contribution >= 0.6 is 0 Å². The van der Waals surface area contributed by atoms with Crippen molar-refractivity contribution in [3.05, 3.63) is 41.1 Å². The largest absolute Gasteiger partial charge is 0.421 e. The SMILES string of the molecule is CC(=O)N[C@@H]1CCC[C@H]1Nc1nc(Nc2ccc3c(c2)C2CCC3N2)ncc1C(F)(F)F. The second-order valence-corrected chi connectivity index (χ2v) is 8.76. The zero-order valence-corrected chi connectivity index (χ0v) is 17.6. The molecule has 0 radical (unpaired) electrons. The lowest BCUT2D eigenvalue weighted by Gasteiger charge is -2.24. The molecular weight excluding hydrogens is 421 g/mol. The molecule has 5 rings (SSSR count). The lowest BCUT2D eigenvalue weighted by molar-refractivity contribution is -0.137. The van der Waals surface area contributed by atoms with E-state index in [1.807, 2.05) is 18.2 Å². The van der Waals surface area contributed by atoms with Gasteiger partial charge in [0.15, 0.2) is 0 Å². The van der Waals surface area contributed by atoms with Crippen LogP contribution in [0, 0.1) is 0 Å². The molecule has 4 N–H and O–H groups in total. The third kappa shape index (κ3) is 3.99. The zero-order chi connectivity index (χ0) is 22.5. The molecule has 2 fully saturated rings. The van der Waals surface area contributed by atoms with E-state index >= 15 is 0 Å². The van der Waals surface area contributed by atoms with E-state index in [2.05, 4.69) is 31.2 Å². The number of carbonyl (C=O) groups is 1. The molecule has 1 aromatic heterocycles. The van der Waals surface area contributed by atoms with E-state index in [1.54, 1.807) is 0 Å². The van der Waals surface area contributed by atoms with Crippen molar-refractivity contribution in [1.29, 1.82) is 0 Å². The first kappa shape index (κ1) is 21.0. The van der Waals surface area contributed by atoms with Crippen molar-refractivity contribution in [1.82, 2.24) is 20.6 Å². The minimum absolute atomic E-state index is 0.0886. The number of fused-ring (bicyclic) bond motifs is 5. The van der Waals surface area contributed by atoms with Gasteiger partial charge in [0.1, 0.15) is 11.4 Å². The number of anilines is 3. The number of halogens is 3. The topological polar surface area (TPSA) is 91.0 Å². The average Bonchev–Trinajstić information content (AvgIpc) is 3.44. The van der Waals surface area contributed by atoms with Gasteiger partial charge in [-0.2, -0.15) is 18.2 Å². The third-order valence-corrected chi connectivity index (χ3v) is 6.56. The van der Waals surface area contributed by atoms with Gasteiger partial charge in [-0.25, -0.2) is 4.98 Å². The number of benzene rings is 1. The first-order chi connectivity index (χ1) is 15.3. The molecule has 7 nitrogen and oxygen atoms in total. The van der Waals surface area contributed by atoms with Gasteiger partial charge in [-0.05, 0) is 55.4 Å². The molecule has 2 bridgehead atoms. The van der Waals surface area contributed by atoms with E-state index < -0.39 is 11.7 Å². The lowest BCUT2D eigenvalue weighted by Crippen LogP contribution is -2.42. The summed E-state index contributed by atoms with van der Waals surface area (Å²) in [6.07, 6.45) is 0.588. The highest BCUT2D eigenvalue weighted by Crippen LogP contribution is 2.45. The molecule has 170 valence electrons. The Kier molecular flexibility index (Phi) is 5.19. The van der Waals surface area contributed by atoms with Crippen LogP contribution in [0.5, 0.6) is 0 Å². The molecule has 2 aromatic rings. The van der Waals surface area contributed by atoms with Crippen LogP contribution in [-0.2, 0) is 11.0 Å². The van der Waals surface area contributed by atoms with Gasteiger partial charge in [-0.1, -0.05) is 6.07 Å². The van der Waals surface area contributed by atoms with Crippen LogP contribution in [0.2, 0.25) is 0 Å². The maximum Gasteiger partial charge on any atom is 0.421 e. The van der Waals surface area contributed by atoms with Crippen LogP contribution in [-0.4, -0.2) is 28.0 Å². The molecule has 1 aliphatic carbocycles. The van der Waals surface area contributed by atoms with E-state index in [1.165, 1.54) is 18.1 Å². The summed E-state index contributed by atoms with van der Waals surface area (Å²) in [5.74, 6) is -0.394. The first-order valence-electron chi connectivity index (χ1n) is 10.9. The van der Waals surface area contributed by atoms with Crippen LogP contribution in [0.25, 0.3) is 0 Å². The number of hydrogen-bond donors (Lipinski definition) is 4. The first-order valence-corrected chi connectivity index (χ1v) is 10.9. The van der Waals surface area contributed by atoms with E-state index in [0.29, 0.717) is 24.9 Å². The monoisotopic (exact) mass is 446 g/mol. The zero-order valence-electron chi connectivity index (χ0n) is 17.6. The Labute approximate surface area is 183 Å². The molecule has 2 unspecified atom stereocenters. The Bertz CT molecular complexity index is 1040. The molecule has 1 saturated carbocycles. The van der Waals surface area contributed by atoms with Gasteiger partial charge in [0, 0.05) is 43.0 Å². The van der Waals surface area contributed by atoms with Crippen molar-refractivity contribution < 1.29 is 18.0 Å². The summed E-state index contributed by atoms with van der Waals surface area (Å²) in [7, 11) is 0. The molecule has 1 saturated heterocycles. The summed E-state index contributed by atoms with van der Waals surface area (Å²) < 4.78 is 40.8. The molecule has 4 atom stereocenters. The maximum atomic E-state index is 13.6. The summed E-state index contributed by atoms with van der Waals surface area (Å²) in [6, 6.07) is 6.13. The minimum atomic E-state index is -4.60. The second-order valence-electron chi connectivity index (χ2n) is 8.76. The molecule has 0 spiro atoms. The van der Waals surface area contributed by atoms with Gasteiger partial charge in [-0.15, -0.1) is 0 Å². The fourth-order valence-corrected chi connectivity index (χ4v) is 5.14. The van der Waals surface area contributed by atoms with Gasteiger partial charge in [-0.3, -0.25) is 4.79 Å². The van der Waals surface area contributed by atoms with Crippen molar-refractivity contribution in [3.8, 4) is 0 Å². The Balaban J connectivity index is 1.40. The van der Waals surface area contributed by atoms with Crippen molar-refractivity contribution in [2.75, 3.05) is 10.6 Å². The van der Waals surface area contributed by atoms with Crippen LogP contribution in [0.4, 0.5) is 30.6 Å². The number of alkyl halides is 3. The summed E-state index contributed by atoms with van der Waals surface area (Å²) in [4.78, 5) is 19.5. The number of nitrogens with one attached hydrogen (secondary N) is 4. The molecule has 10 heteroatoms. The fourth-order valence-electron chi connectivity index (χ4n) is 5.14. The molecule has 2 aliphatic heterocycles. The van der Waals surface area contributed by atoms with Crippen molar-refractivity contribution >= 4 is 23.4 Å². The third-order valence-electron chi connectivity index (χ3n) is 6.56. The van der Waals surface area contributed by atoms with E-state index in [9.17, 15) is 18.0 Å². The molecule has 1 aromatic carbocycles. The quantitative estimate of drug-likeness (QED) is 0.551.